The van der Waals surface area contributed by atoms with Gasteiger partial charge in [0.15, 0.2) is 0 Å². The Morgan fingerprint density at radius 2 is 2.04 bits per heavy atom. The van der Waals surface area contributed by atoms with Gasteiger partial charge < -0.3 is 10.6 Å². The van der Waals surface area contributed by atoms with E-state index in [4.69, 9.17) is 0 Å². The third-order valence-electron chi connectivity index (χ3n) is 4.77. The lowest BCUT2D eigenvalue weighted by Gasteiger charge is -2.37. The first kappa shape index (κ1) is 18.8. The van der Waals surface area contributed by atoms with Gasteiger partial charge in [-0.2, -0.15) is 0 Å². The van der Waals surface area contributed by atoms with Gasteiger partial charge in [0.2, 0.25) is 21.8 Å². The third kappa shape index (κ3) is 4.80. The van der Waals surface area contributed by atoms with Crippen molar-refractivity contribution in [2.24, 2.45) is 0 Å². The quantitative estimate of drug-likeness (QED) is 0.639. The third-order valence-corrected chi connectivity index (χ3v) is 5.53. The molecular formula is C17H24N4O4S. The Hall–Kier alpha value is -1.97. The molecule has 0 spiro atoms. The largest absolute Gasteiger partial charge is 0.353 e. The van der Waals surface area contributed by atoms with Crippen molar-refractivity contribution in [2.75, 3.05) is 24.7 Å². The van der Waals surface area contributed by atoms with E-state index in [1.807, 2.05) is 35.2 Å². The van der Waals surface area contributed by atoms with Gasteiger partial charge in [-0.05, 0) is 25.0 Å². The number of carbonyl (C=O) groups excluding carboxylic acids is 2. The fraction of sp³-hybridized carbons (Fsp3) is 0.529. The summed E-state index contributed by atoms with van der Waals surface area (Å²) < 4.78 is 25.5. The van der Waals surface area contributed by atoms with E-state index >= 15 is 0 Å². The van der Waals surface area contributed by atoms with Gasteiger partial charge in [-0.15, -0.1) is 0 Å². The highest BCUT2D eigenvalue weighted by atomic mass is 32.2. The molecule has 3 rings (SSSR count). The molecule has 0 aliphatic carbocycles. The van der Waals surface area contributed by atoms with E-state index in [-0.39, 0.29) is 29.9 Å². The van der Waals surface area contributed by atoms with Crippen molar-refractivity contribution in [3.05, 3.63) is 30.3 Å². The maximum absolute atomic E-state index is 12.2. The zero-order valence-electron chi connectivity index (χ0n) is 14.6. The van der Waals surface area contributed by atoms with Crippen LogP contribution in [0.1, 0.15) is 19.3 Å². The van der Waals surface area contributed by atoms with Gasteiger partial charge >= 0.3 is 0 Å². The van der Waals surface area contributed by atoms with Crippen LogP contribution in [-0.2, 0) is 19.6 Å². The van der Waals surface area contributed by atoms with Crippen LogP contribution in [0.15, 0.2) is 30.3 Å². The number of nitrogens with zero attached hydrogens (tertiary/aromatic N) is 1. The lowest BCUT2D eigenvalue weighted by atomic mass is 10.0. The van der Waals surface area contributed by atoms with Gasteiger partial charge in [0.05, 0.1) is 12.3 Å². The number of piperazine rings is 1. The van der Waals surface area contributed by atoms with Crippen LogP contribution in [0.4, 0.5) is 5.69 Å². The monoisotopic (exact) mass is 380 g/mol. The van der Waals surface area contributed by atoms with Gasteiger partial charge in [-0.25, -0.2) is 13.1 Å². The number of fused-ring (bicyclic) bond motifs is 1. The number of para-hydroxylation sites is 1. The molecule has 142 valence electrons. The minimum absolute atomic E-state index is 0.0191. The van der Waals surface area contributed by atoms with Gasteiger partial charge in [-0.1, -0.05) is 18.2 Å². The van der Waals surface area contributed by atoms with Crippen molar-refractivity contribution in [1.29, 1.82) is 0 Å². The van der Waals surface area contributed by atoms with Crippen LogP contribution in [0.25, 0.3) is 0 Å². The first-order valence-corrected chi connectivity index (χ1v) is 10.6. The van der Waals surface area contributed by atoms with Crippen molar-refractivity contribution in [1.82, 2.24) is 14.9 Å². The van der Waals surface area contributed by atoms with E-state index in [0.717, 1.165) is 11.9 Å². The lowest BCUT2D eigenvalue weighted by Crippen LogP contribution is -2.57. The number of benzene rings is 1. The summed E-state index contributed by atoms with van der Waals surface area (Å²) in [4.78, 5) is 26.3. The van der Waals surface area contributed by atoms with Gasteiger partial charge in [0.25, 0.3) is 0 Å². The molecule has 8 nitrogen and oxygen atoms in total. The molecule has 2 saturated heterocycles. The molecule has 1 aromatic rings. The Labute approximate surface area is 153 Å². The number of hydrogen-bond donors (Lipinski definition) is 3. The van der Waals surface area contributed by atoms with Gasteiger partial charge in [0.1, 0.15) is 0 Å². The van der Waals surface area contributed by atoms with Crippen LogP contribution in [0.2, 0.25) is 0 Å². The topological polar surface area (TPSA) is 108 Å². The smallest absolute Gasteiger partial charge is 0.237 e. The highest BCUT2D eigenvalue weighted by Crippen LogP contribution is 2.26. The predicted octanol–water partition coefficient (Wildman–Crippen LogP) is -0.104. The second-order valence-corrected chi connectivity index (χ2v) is 8.67. The first-order chi connectivity index (χ1) is 12.3. The normalized spacial score (nSPS) is 26.2. The maximum atomic E-state index is 12.2. The van der Waals surface area contributed by atoms with Crippen LogP contribution >= 0.6 is 0 Å². The average molecular weight is 380 g/mol. The number of hydrogen-bond acceptors (Lipinski definition) is 5. The molecule has 2 fully saturated rings. The summed E-state index contributed by atoms with van der Waals surface area (Å²) in [6.07, 6.45) is 2.51. The SMILES string of the molecule is CS(=O)(=O)NC1CC2C(=O)NCC(CCC(=O)Nc3ccccc3)N2C1. The van der Waals surface area contributed by atoms with Crippen LogP contribution in [0.3, 0.4) is 0 Å². The molecule has 26 heavy (non-hydrogen) atoms. The summed E-state index contributed by atoms with van der Waals surface area (Å²) in [5, 5.41) is 5.72. The second kappa shape index (κ2) is 7.73. The van der Waals surface area contributed by atoms with Gasteiger partial charge in [-0.3, -0.25) is 14.5 Å². The fourth-order valence-corrected chi connectivity index (χ4v) is 4.45. The number of carbonyl (C=O) groups is 2. The Bertz CT molecular complexity index is 768. The number of nitrogens with one attached hydrogen (secondary N) is 3. The molecule has 1 aromatic carbocycles. The molecule has 0 radical (unpaired) electrons. The standard InChI is InChI=1S/C17H24N4O4S/c1-26(24,25)20-13-9-15-17(23)18-10-14(21(15)11-13)7-8-16(22)19-12-5-3-2-4-6-12/h2-6,13-15,20H,7-11H2,1H3,(H,18,23)(H,19,22). The summed E-state index contributed by atoms with van der Waals surface area (Å²) >= 11 is 0. The average Bonchev–Trinajstić information content (AvgIpc) is 2.98. The molecule has 3 unspecified atom stereocenters. The van der Waals surface area contributed by atoms with Crippen molar-refractivity contribution in [3.8, 4) is 0 Å². The van der Waals surface area contributed by atoms with Crippen LogP contribution in [0, 0.1) is 0 Å². The second-order valence-electron chi connectivity index (χ2n) is 6.89. The van der Waals surface area contributed by atoms with Crippen LogP contribution in [-0.4, -0.2) is 62.6 Å². The van der Waals surface area contributed by atoms with E-state index in [9.17, 15) is 18.0 Å². The zero-order chi connectivity index (χ0) is 18.7. The van der Waals surface area contributed by atoms with E-state index < -0.39 is 10.0 Å². The molecule has 3 atom stereocenters. The molecule has 0 saturated carbocycles. The van der Waals surface area contributed by atoms with Crippen molar-refractivity contribution < 1.29 is 18.0 Å². The molecule has 2 aliphatic rings. The summed E-state index contributed by atoms with van der Waals surface area (Å²) in [6.45, 7) is 0.954. The lowest BCUT2D eigenvalue weighted by molar-refractivity contribution is -0.129. The Morgan fingerprint density at radius 1 is 1.31 bits per heavy atom. The summed E-state index contributed by atoms with van der Waals surface area (Å²) in [5.41, 5.74) is 0.755. The number of sulfonamides is 1. The maximum Gasteiger partial charge on any atom is 0.237 e. The Kier molecular flexibility index (Phi) is 5.59. The highest BCUT2D eigenvalue weighted by molar-refractivity contribution is 7.88. The van der Waals surface area contributed by atoms with E-state index in [0.29, 0.717) is 32.4 Å². The first-order valence-electron chi connectivity index (χ1n) is 8.67. The highest BCUT2D eigenvalue weighted by Gasteiger charge is 2.43. The summed E-state index contributed by atoms with van der Waals surface area (Å²) in [6, 6.07) is 8.66. The molecule has 2 aliphatic heterocycles. The Morgan fingerprint density at radius 3 is 2.73 bits per heavy atom. The van der Waals surface area contributed by atoms with Crippen LogP contribution < -0.4 is 15.4 Å². The zero-order valence-corrected chi connectivity index (χ0v) is 15.5. The molecule has 0 bridgehead atoms. The number of amides is 2. The molecule has 2 amide bonds. The van der Waals surface area contributed by atoms with E-state index in [2.05, 4.69) is 15.4 Å². The minimum Gasteiger partial charge on any atom is -0.353 e. The molecule has 2 heterocycles. The minimum atomic E-state index is -3.32. The predicted molar refractivity (Wildman–Crippen MR) is 98.0 cm³/mol. The summed E-state index contributed by atoms with van der Waals surface area (Å²) in [7, 11) is -3.32. The van der Waals surface area contributed by atoms with E-state index in [1.54, 1.807) is 0 Å². The fourth-order valence-electron chi connectivity index (χ4n) is 3.67. The van der Waals surface area contributed by atoms with Gasteiger partial charge in [0, 0.05) is 37.3 Å². The van der Waals surface area contributed by atoms with Crippen LogP contribution in [0.5, 0.6) is 0 Å². The van der Waals surface area contributed by atoms with Crippen molar-refractivity contribution >= 4 is 27.5 Å². The van der Waals surface area contributed by atoms with Crippen molar-refractivity contribution in [3.63, 3.8) is 0 Å². The number of rotatable bonds is 6. The number of anilines is 1. The molecule has 3 N–H and O–H groups in total. The Balaban J connectivity index is 1.56. The molecule has 9 heteroatoms. The van der Waals surface area contributed by atoms with Crippen molar-refractivity contribution in [2.45, 2.75) is 37.4 Å². The molecule has 0 aromatic heterocycles. The molecular weight excluding hydrogens is 356 g/mol. The summed E-state index contributed by atoms with van der Waals surface area (Å²) in [5.74, 6) is -0.151. The van der Waals surface area contributed by atoms with E-state index in [1.165, 1.54) is 0 Å².